The van der Waals surface area contributed by atoms with Gasteiger partial charge in [-0.05, 0) is 0 Å². The number of aliphatic hydroxyl groups excluding tert-OH is 2. The van der Waals surface area contributed by atoms with Crippen LogP contribution in [0.25, 0.3) is 0 Å². The Kier molecular flexibility index (Phi) is 4.41. The second-order valence-corrected chi connectivity index (χ2v) is 3.40. The van der Waals surface area contributed by atoms with E-state index in [-0.39, 0.29) is 0 Å². The van der Waals surface area contributed by atoms with Gasteiger partial charge in [-0.15, -0.1) is 0 Å². The van der Waals surface area contributed by atoms with Crippen molar-refractivity contribution >= 4 is 0 Å². The van der Waals surface area contributed by atoms with Gasteiger partial charge in [-0.3, -0.25) is 0 Å². The Morgan fingerprint density at radius 2 is 0.933 bits per heavy atom. The second-order valence-electron chi connectivity index (χ2n) is 3.40. The molecule has 2 N–H and O–H groups in total. The number of rotatable bonds is 4. The van der Waals surface area contributed by atoms with Crippen LogP contribution in [0.2, 0.25) is 0 Å². The van der Waals surface area contributed by atoms with Crippen LogP contribution in [0.3, 0.4) is 0 Å². The lowest BCUT2D eigenvalue weighted by Gasteiger charge is -2.31. The van der Waals surface area contributed by atoms with Gasteiger partial charge in [0.1, 0.15) is 0 Å². The average Bonchev–Trinajstić information content (AvgIpc) is 1.98. The molecule has 0 radical (unpaired) electrons. The maximum Gasteiger partial charge on any atom is 0.389 e. The van der Waals surface area contributed by atoms with Crippen LogP contribution in [-0.4, -0.2) is 35.8 Å². The van der Waals surface area contributed by atoms with E-state index in [0.29, 0.717) is 0 Å². The zero-order valence-electron chi connectivity index (χ0n) is 7.49. The standard InChI is InChI=1S/C7H10F6O2/c8-6(9,10)1-5(3-14,4-15)2-7(11,12)13/h14-15H,1-4H2. The topological polar surface area (TPSA) is 40.5 Å². The van der Waals surface area contributed by atoms with Crippen molar-refractivity contribution in [2.24, 2.45) is 5.41 Å². The van der Waals surface area contributed by atoms with Crippen molar-refractivity contribution in [3.05, 3.63) is 0 Å². The van der Waals surface area contributed by atoms with Crippen molar-refractivity contribution in [3.8, 4) is 0 Å². The first-order valence-corrected chi connectivity index (χ1v) is 3.89. The van der Waals surface area contributed by atoms with Crippen LogP contribution >= 0.6 is 0 Å². The summed E-state index contributed by atoms with van der Waals surface area (Å²) < 4.78 is 71.5. The van der Waals surface area contributed by atoms with Gasteiger partial charge in [0.2, 0.25) is 0 Å². The molecule has 0 aliphatic heterocycles. The molecule has 8 heteroatoms. The Balaban J connectivity index is 4.74. The van der Waals surface area contributed by atoms with Gasteiger partial charge < -0.3 is 10.2 Å². The lowest BCUT2D eigenvalue weighted by atomic mass is 9.82. The molecule has 0 saturated carbocycles. The lowest BCUT2D eigenvalue weighted by Crippen LogP contribution is -2.39. The Morgan fingerprint density at radius 1 is 0.667 bits per heavy atom. The summed E-state index contributed by atoms with van der Waals surface area (Å²) in [6.45, 7) is -2.74. The van der Waals surface area contributed by atoms with Gasteiger partial charge in [0, 0.05) is 5.41 Å². The van der Waals surface area contributed by atoms with E-state index in [9.17, 15) is 26.3 Å². The molecule has 0 aromatic heterocycles. The van der Waals surface area contributed by atoms with E-state index in [2.05, 4.69) is 0 Å². The first kappa shape index (κ1) is 14.5. The summed E-state index contributed by atoms with van der Waals surface area (Å²) in [5, 5.41) is 17.1. The van der Waals surface area contributed by atoms with E-state index in [1.807, 2.05) is 0 Å². The van der Waals surface area contributed by atoms with Crippen LogP contribution in [0.1, 0.15) is 12.8 Å². The van der Waals surface area contributed by atoms with Crippen molar-refractivity contribution in [3.63, 3.8) is 0 Å². The Morgan fingerprint density at radius 3 is 1.07 bits per heavy atom. The molecule has 0 aromatic rings. The zero-order valence-corrected chi connectivity index (χ0v) is 7.49. The number of alkyl halides is 6. The van der Waals surface area contributed by atoms with E-state index in [0.717, 1.165) is 0 Å². The van der Waals surface area contributed by atoms with Crippen molar-refractivity contribution < 1.29 is 36.6 Å². The molecule has 0 aliphatic rings. The zero-order chi connectivity index (χ0) is 12.3. The van der Waals surface area contributed by atoms with Crippen LogP contribution < -0.4 is 0 Å². The largest absolute Gasteiger partial charge is 0.396 e. The minimum absolute atomic E-state index is 1.37. The van der Waals surface area contributed by atoms with Gasteiger partial charge in [0.15, 0.2) is 0 Å². The number of hydrogen-bond donors (Lipinski definition) is 2. The molecule has 0 spiro atoms. The number of hydrogen-bond acceptors (Lipinski definition) is 2. The lowest BCUT2D eigenvalue weighted by molar-refractivity contribution is -0.209. The van der Waals surface area contributed by atoms with E-state index >= 15 is 0 Å². The quantitative estimate of drug-likeness (QED) is 0.736. The molecule has 2 nitrogen and oxygen atoms in total. The fourth-order valence-corrected chi connectivity index (χ4v) is 1.19. The van der Waals surface area contributed by atoms with E-state index in [4.69, 9.17) is 10.2 Å². The average molecular weight is 240 g/mol. The van der Waals surface area contributed by atoms with Crippen LogP contribution in [0.5, 0.6) is 0 Å². The SMILES string of the molecule is OCC(CO)(CC(F)(F)F)CC(F)(F)F. The molecule has 0 amide bonds. The van der Waals surface area contributed by atoms with Gasteiger partial charge in [-0.1, -0.05) is 0 Å². The summed E-state index contributed by atoms with van der Waals surface area (Å²) >= 11 is 0. The van der Waals surface area contributed by atoms with E-state index in [1.165, 1.54) is 0 Å². The van der Waals surface area contributed by atoms with Gasteiger partial charge in [0.05, 0.1) is 26.1 Å². The highest BCUT2D eigenvalue weighted by atomic mass is 19.4. The Bertz CT molecular complexity index is 175. The molecule has 0 rings (SSSR count). The summed E-state index contributed by atoms with van der Waals surface area (Å²) in [6, 6.07) is 0. The second kappa shape index (κ2) is 4.56. The van der Waals surface area contributed by atoms with Crippen molar-refractivity contribution in [2.75, 3.05) is 13.2 Å². The maximum absolute atomic E-state index is 11.9. The van der Waals surface area contributed by atoms with E-state index < -0.39 is 43.8 Å². The van der Waals surface area contributed by atoms with E-state index in [1.54, 1.807) is 0 Å². The molecule has 15 heavy (non-hydrogen) atoms. The monoisotopic (exact) mass is 240 g/mol. The predicted octanol–water partition coefficient (Wildman–Crippen LogP) is 1.86. The summed E-state index contributed by atoms with van der Waals surface area (Å²) in [7, 11) is 0. The molecule has 92 valence electrons. The minimum atomic E-state index is -4.86. The molecule has 0 aromatic carbocycles. The highest BCUT2D eigenvalue weighted by molar-refractivity contribution is 4.83. The third kappa shape index (κ3) is 5.83. The van der Waals surface area contributed by atoms with Crippen molar-refractivity contribution in [1.29, 1.82) is 0 Å². The van der Waals surface area contributed by atoms with Gasteiger partial charge >= 0.3 is 12.4 Å². The molecule has 0 heterocycles. The van der Waals surface area contributed by atoms with Gasteiger partial charge in [-0.2, -0.15) is 26.3 Å². The molecular weight excluding hydrogens is 230 g/mol. The van der Waals surface area contributed by atoms with Crippen LogP contribution in [0, 0.1) is 5.41 Å². The Hall–Kier alpha value is -0.500. The summed E-state index contributed by atoms with van der Waals surface area (Å²) in [5.41, 5.74) is -2.59. The van der Waals surface area contributed by atoms with Crippen LogP contribution in [0.4, 0.5) is 26.3 Å². The summed E-state index contributed by atoms with van der Waals surface area (Å²) in [5.74, 6) is 0. The Labute approximate surface area is 81.5 Å². The normalized spacial score (nSPS) is 14.4. The predicted molar refractivity (Wildman–Crippen MR) is 37.9 cm³/mol. The molecule has 0 atom stereocenters. The summed E-state index contributed by atoms with van der Waals surface area (Å²) in [4.78, 5) is 0. The first-order valence-electron chi connectivity index (χ1n) is 3.89. The highest BCUT2D eigenvalue weighted by Gasteiger charge is 2.48. The van der Waals surface area contributed by atoms with Crippen LogP contribution in [-0.2, 0) is 0 Å². The highest BCUT2D eigenvalue weighted by Crippen LogP contribution is 2.41. The third-order valence-electron chi connectivity index (χ3n) is 1.82. The number of halogens is 6. The van der Waals surface area contributed by atoms with Crippen molar-refractivity contribution in [1.82, 2.24) is 0 Å². The molecule has 0 unspecified atom stereocenters. The fraction of sp³-hybridized carbons (Fsp3) is 1.00. The smallest absolute Gasteiger partial charge is 0.389 e. The fourth-order valence-electron chi connectivity index (χ4n) is 1.19. The molecule has 0 fully saturated rings. The molecule has 0 aliphatic carbocycles. The van der Waals surface area contributed by atoms with Gasteiger partial charge in [0.25, 0.3) is 0 Å². The molecular formula is C7H10F6O2. The molecule has 0 saturated heterocycles. The summed E-state index contributed by atoms with van der Waals surface area (Å²) in [6.07, 6.45) is -13.5. The molecule has 0 bridgehead atoms. The minimum Gasteiger partial charge on any atom is -0.396 e. The van der Waals surface area contributed by atoms with Crippen LogP contribution in [0.15, 0.2) is 0 Å². The third-order valence-corrected chi connectivity index (χ3v) is 1.82. The maximum atomic E-state index is 11.9. The number of aliphatic hydroxyl groups is 2. The van der Waals surface area contributed by atoms with Crippen molar-refractivity contribution in [2.45, 2.75) is 25.2 Å². The first-order chi connectivity index (χ1) is 6.54. The van der Waals surface area contributed by atoms with Gasteiger partial charge in [-0.25, -0.2) is 0 Å².